The molecule has 0 spiro atoms. The van der Waals surface area contributed by atoms with E-state index in [1.807, 2.05) is 6.07 Å². The maximum absolute atomic E-state index is 12.4. The minimum Gasteiger partial charge on any atom is -0.492 e. The van der Waals surface area contributed by atoms with E-state index < -0.39 is 0 Å². The summed E-state index contributed by atoms with van der Waals surface area (Å²) < 4.78 is 12.0. The van der Waals surface area contributed by atoms with Gasteiger partial charge in [0.25, 0.3) is 0 Å². The largest absolute Gasteiger partial charge is 0.492 e. The fourth-order valence-electron chi connectivity index (χ4n) is 2.04. The zero-order chi connectivity index (χ0) is 12.7. The minimum absolute atomic E-state index is 0.102. The molecule has 2 aromatic rings. The highest BCUT2D eigenvalue weighted by atomic mass is 79.9. The van der Waals surface area contributed by atoms with Crippen LogP contribution in [0.4, 0.5) is 0 Å². The van der Waals surface area contributed by atoms with E-state index in [2.05, 4.69) is 31.9 Å². The van der Waals surface area contributed by atoms with Crippen LogP contribution in [-0.2, 0) is 6.42 Å². The van der Waals surface area contributed by atoms with E-state index in [0.29, 0.717) is 28.2 Å². The van der Waals surface area contributed by atoms with Crippen molar-refractivity contribution in [3.05, 3.63) is 50.3 Å². The highest BCUT2D eigenvalue weighted by Gasteiger charge is 2.24. The summed E-state index contributed by atoms with van der Waals surface area (Å²) in [6, 6.07) is 5.42. The van der Waals surface area contributed by atoms with Crippen LogP contribution < -0.4 is 4.74 Å². The predicted octanol–water partition coefficient (Wildman–Crippen LogP) is 3.97. The van der Waals surface area contributed by atoms with Crippen molar-refractivity contribution in [2.75, 3.05) is 6.61 Å². The van der Waals surface area contributed by atoms with Gasteiger partial charge in [0.05, 0.1) is 24.0 Å². The summed E-state index contributed by atoms with van der Waals surface area (Å²) in [5.41, 5.74) is 2.14. The van der Waals surface area contributed by atoms with Crippen LogP contribution in [-0.4, -0.2) is 12.4 Å². The average molecular weight is 372 g/mol. The molecule has 0 bridgehead atoms. The zero-order valence-corrected chi connectivity index (χ0v) is 12.4. The monoisotopic (exact) mass is 370 g/mol. The maximum Gasteiger partial charge on any atom is 0.201 e. The van der Waals surface area contributed by atoms with Crippen LogP contribution in [0.3, 0.4) is 0 Å². The van der Waals surface area contributed by atoms with E-state index >= 15 is 0 Å². The summed E-state index contributed by atoms with van der Waals surface area (Å²) >= 11 is 6.65. The molecule has 0 aliphatic carbocycles. The van der Waals surface area contributed by atoms with Crippen molar-refractivity contribution in [3.63, 3.8) is 0 Å². The number of ether oxygens (including phenoxy) is 1. The summed E-state index contributed by atoms with van der Waals surface area (Å²) in [7, 11) is 0. The Morgan fingerprint density at radius 2 is 2.06 bits per heavy atom. The number of furan rings is 1. The molecule has 1 aliphatic rings. The lowest BCUT2D eigenvalue weighted by Crippen LogP contribution is -2.03. The van der Waals surface area contributed by atoms with Gasteiger partial charge in [0, 0.05) is 10.9 Å². The Hall–Kier alpha value is -1.07. The predicted molar refractivity (Wildman–Crippen MR) is 73.2 cm³/mol. The van der Waals surface area contributed by atoms with Crippen LogP contribution >= 0.6 is 31.9 Å². The number of carbonyl (C=O) groups excluding carboxylic acids is 1. The molecule has 0 atom stereocenters. The van der Waals surface area contributed by atoms with Crippen LogP contribution in [0.2, 0.25) is 0 Å². The lowest BCUT2D eigenvalue weighted by atomic mass is 10.0. The van der Waals surface area contributed by atoms with Gasteiger partial charge in [0.15, 0.2) is 4.67 Å². The number of ketones is 1. The number of halogens is 2. The molecule has 1 aliphatic heterocycles. The molecule has 0 fully saturated rings. The van der Waals surface area contributed by atoms with Crippen LogP contribution in [0.15, 0.2) is 38.0 Å². The van der Waals surface area contributed by atoms with Crippen molar-refractivity contribution in [2.24, 2.45) is 0 Å². The summed E-state index contributed by atoms with van der Waals surface area (Å²) in [5, 5.41) is 0. The molecular weight excluding hydrogens is 364 g/mol. The van der Waals surface area contributed by atoms with Gasteiger partial charge in [0.1, 0.15) is 5.75 Å². The Bertz CT molecular complexity index is 631. The average Bonchev–Trinajstić information content (AvgIpc) is 2.95. The first kappa shape index (κ1) is 12.0. The molecule has 18 heavy (non-hydrogen) atoms. The molecule has 0 N–H and O–H groups in total. The van der Waals surface area contributed by atoms with Crippen molar-refractivity contribution in [1.82, 2.24) is 0 Å². The fourth-order valence-corrected chi connectivity index (χ4v) is 2.96. The Balaban J connectivity index is 2.13. The van der Waals surface area contributed by atoms with Crippen molar-refractivity contribution in [3.8, 4) is 5.75 Å². The standard InChI is InChI=1S/C13H8Br2O3/c14-8-5-7-1-3-17-12(7)10(6-8)11(16)9-2-4-18-13(9)15/h2,4-6H,1,3H2. The zero-order valence-electron chi connectivity index (χ0n) is 9.20. The molecule has 1 aromatic heterocycles. The van der Waals surface area contributed by atoms with Crippen LogP contribution in [0, 0.1) is 0 Å². The molecule has 92 valence electrons. The van der Waals surface area contributed by atoms with E-state index in [-0.39, 0.29) is 5.78 Å². The SMILES string of the molecule is O=C(c1ccoc1Br)c1cc(Br)cc2c1OCC2. The topological polar surface area (TPSA) is 39.4 Å². The van der Waals surface area contributed by atoms with E-state index in [4.69, 9.17) is 9.15 Å². The summed E-state index contributed by atoms with van der Waals surface area (Å²) in [5.74, 6) is 0.589. The first-order valence-electron chi connectivity index (χ1n) is 5.39. The van der Waals surface area contributed by atoms with Crippen molar-refractivity contribution in [2.45, 2.75) is 6.42 Å². The first-order chi connectivity index (χ1) is 8.66. The molecule has 0 saturated heterocycles. The van der Waals surface area contributed by atoms with E-state index in [9.17, 15) is 4.79 Å². The molecule has 0 unspecified atom stereocenters. The highest BCUT2D eigenvalue weighted by molar-refractivity contribution is 9.10. The van der Waals surface area contributed by atoms with Crippen molar-refractivity contribution in [1.29, 1.82) is 0 Å². The molecule has 0 saturated carbocycles. The second-order valence-electron chi connectivity index (χ2n) is 3.98. The Morgan fingerprint density at radius 1 is 1.22 bits per heavy atom. The normalized spacial score (nSPS) is 13.2. The smallest absolute Gasteiger partial charge is 0.201 e. The molecule has 0 radical (unpaired) electrons. The van der Waals surface area contributed by atoms with Gasteiger partial charge in [-0.25, -0.2) is 0 Å². The molecule has 5 heteroatoms. The quantitative estimate of drug-likeness (QED) is 0.750. The van der Waals surface area contributed by atoms with Gasteiger partial charge in [0.2, 0.25) is 5.78 Å². The fraction of sp³-hybridized carbons (Fsp3) is 0.154. The van der Waals surface area contributed by atoms with Crippen LogP contribution in [0.5, 0.6) is 5.75 Å². The van der Waals surface area contributed by atoms with E-state index in [0.717, 1.165) is 16.5 Å². The summed E-state index contributed by atoms with van der Waals surface area (Å²) in [6.45, 7) is 0.624. The molecule has 0 amide bonds. The molecule has 3 nitrogen and oxygen atoms in total. The second-order valence-corrected chi connectivity index (χ2v) is 5.61. The van der Waals surface area contributed by atoms with Gasteiger partial charge in [-0.1, -0.05) is 15.9 Å². The minimum atomic E-state index is -0.102. The van der Waals surface area contributed by atoms with Crippen LogP contribution in [0.1, 0.15) is 21.5 Å². The maximum atomic E-state index is 12.4. The molecule has 3 rings (SSSR count). The number of fused-ring (bicyclic) bond motifs is 1. The van der Waals surface area contributed by atoms with Gasteiger partial charge >= 0.3 is 0 Å². The lowest BCUT2D eigenvalue weighted by Gasteiger charge is -2.07. The second kappa shape index (κ2) is 4.55. The van der Waals surface area contributed by atoms with Gasteiger partial charge in [-0.05, 0) is 39.7 Å². The van der Waals surface area contributed by atoms with Crippen molar-refractivity contribution >= 4 is 37.6 Å². The summed E-state index contributed by atoms with van der Waals surface area (Å²) in [4.78, 5) is 12.4. The number of hydrogen-bond donors (Lipinski definition) is 0. The van der Waals surface area contributed by atoms with E-state index in [1.165, 1.54) is 6.26 Å². The third-order valence-electron chi connectivity index (χ3n) is 2.86. The van der Waals surface area contributed by atoms with Crippen molar-refractivity contribution < 1.29 is 13.9 Å². The Labute approximate surface area is 120 Å². The van der Waals surface area contributed by atoms with E-state index in [1.54, 1.807) is 12.1 Å². The van der Waals surface area contributed by atoms with Gasteiger partial charge < -0.3 is 9.15 Å². The third-order valence-corrected chi connectivity index (χ3v) is 3.93. The van der Waals surface area contributed by atoms with Gasteiger partial charge in [-0.3, -0.25) is 4.79 Å². The number of benzene rings is 1. The molecule has 2 heterocycles. The highest BCUT2D eigenvalue weighted by Crippen LogP contribution is 2.35. The number of hydrogen-bond acceptors (Lipinski definition) is 3. The molecular formula is C13H8Br2O3. The molecule has 1 aromatic carbocycles. The lowest BCUT2D eigenvalue weighted by molar-refractivity contribution is 0.103. The van der Waals surface area contributed by atoms with Crippen LogP contribution in [0.25, 0.3) is 0 Å². The van der Waals surface area contributed by atoms with Gasteiger partial charge in [-0.15, -0.1) is 0 Å². The Kier molecular flexibility index (Phi) is 3.03. The number of carbonyl (C=O) groups is 1. The number of rotatable bonds is 2. The first-order valence-corrected chi connectivity index (χ1v) is 6.98. The summed E-state index contributed by atoms with van der Waals surface area (Å²) in [6.07, 6.45) is 2.32. The van der Waals surface area contributed by atoms with Gasteiger partial charge in [-0.2, -0.15) is 0 Å². The third kappa shape index (κ3) is 1.91. The Morgan fingerprint density at radius 3 is 2.78 bits per heavy atom.